The summed E-state index contributed by atoms with van der Waals surface area (Å²) >= 11 is 0. The predicted molar refractivity (Wildman–Crippen MR) is 78.9 cm³/mol. The van der Waals surface area contributed by atoms with Crippen LogP contribution in [0.15, 0.2) is 36.7 Å². The first-order valence-electron chi connectivity index (χ1n) is 7.07. The molecular weight excluding hydrogens is 287 g/mol. The summed E-state index contributed by atoms with van der Waals surface area (Å²) in [5.74, 6) is -0.231. The van der Waals surface area contributed by atoms with E-state index in [1.807, 2.05) is 10.9 Å². The molecule has 3 rings (SSSR count). The first-order chi connectivity index (χ1) is 10.6. The Morgan fingerprint density at radius 3 is 2.91 bits per heavy atom. The number of hydrogen-bond donors (Lipinski definition) is 1. The van der Waals surface area contributed by atoms with Crippen molar-refractivity contribution in [3.8, 4) is 0 Å². The van der Waals surface area contributed by atoms with E-state index in [0.29, 0.717) is 0 Å². The van der Waals surface area contributed by atoms with Gasteiger partial charge in [0.2, 0.25) is 0 Å². The van der Waals surface area contributed by atoms with Crippen LogP contribution in [0.3, 0.4) is 0 Å². The first kappa shape index (κ1) is 14.4. The molecule has 1 fully saturated rings. The molecule has 1 aliphatic rings. The maximum Gasteiger partial charge on any atom is 0.404 e. The minimum atomic E-state index is -0.795. The Balaban J connectivity index is 1.62. The molecule has 1 aromatic heterocycles. The number of carbonyl (C=O) groups excluding carboxylic acids is 1. The summed E-state index contributed by atoms with van der Waals surface area (Å²) in [4.78, 5) is 12.8. The lowest BCUT2D eigenvalue weighted by Gasteiger charge is -2.18. The highest BCUT2D eigenvalue weighted by Gasteiger charge is 2.24. The highest BCUT2D eigenvalue weighted by molar-refractivity contribution is 5.64. The maximum atomic E-state index is 13.0. The van der Waals surface area contributed by atoms with Crippen molar-refractivity contribution < 1.29 is 13.9 Å². The van der Waals surface area contributed by atoms with E-state index in [-0.39, 0.29) is 18.5 Å². The van der Waals surface area contributed by atoms with Crippen LogP contribution in [0.1, 0.15) is 18.0 Å². The molecule has 1 saturated heterocycles. The number of nitrogens with zero attached hydrogens (tertiary/aromatic N) is 3. The summed E-state index contributed by atoms with van der Waals surface area (Å²) in [6, 6.07) is 6.75. The van der Waals surface area contributed by atoms with Gasteiger partial charge in [0.15, 0.2) is 0 Å². The zero-order valence-corrected chi connectivity index (χ0v) is 12.0. The SMILES string of the molecule is NC(=O)OCc1cnn(C2CCN(c3ccc(F)cc3)C2)c1. The van der Waals surface area contributed by atoms with Gasteiger partial charge in [-0.3, -0.25) is 4.68 Å². The van der Waals surface area contributed by atoms with Crippen LogP contribution in [0, 0.1) is 5.82 Å². The van der Waals surface area contributed by atoms with Crippen LogP contribution in [0.2, 0.25) is 0 Å². The molecule has 7 heteroatoms. The molecule has 0 radical (unpaired) electrons. The topological polar surface area (TPSA) is 73.4 Å². The van der Waals surface area contributed by atoms with Crippen molar-refractivity contribution in [1.82, 2.24) is 9.78 Å². The molecule has 1 aliphatic heterocycles. The number of rotatable bonds is 4. The van der Waals surface area contributed by atoms with Gasteiger partial charge in [0.25, 0.3) is 0 Å². The molecule has 2 heterocycles. The van der Waals surface area contributed by atoms with Crippen molar-refractivity contribution in [2.24, 2.45) is 5.73 Å². The number of nitrogens with two attached hydrogens (primary N) is 1. The van der Waals surface area contributed by atoms with E-state index >= 15 is 0 Å². The van der Waals surface area contributed by atoms with Crippen LogP contribution in [-0.2, 0) is 11.3 Å². The van der Waals surface area contributed by atoms with Gasteiger partial charge in [-0.2, -0.15) is 5.10 Å². The number of ether oxygens (including phenoxy) is 1. The normalized spacial score (nSPS) is 17.7. The molecule has 1 amide bonds. The fourth-order valence-electron chi connectivity index (χ4n) is 2.65. The molecule has 0 spiro atoms. The van der Waals surface area contributed by atoms with Crippen molar-refractivity contribution in [2.75, 3.05) is 18.0 Å². The summed E-state index contributed by atoms with van der Waals surface area (Å²) in [7, 11) is 0. The van der Waals surface area contributed by atoms with Crippen molar-refractivity contribution in [3.05, 3.63) is 48.0 Å². The second kappa shape index (κ2) is 6.05. The largest absolute Gasteiger partial charge is 0.445 e. The van der Waals surface area contributed by atoms with E-state index < -0.39 is 6.09 Å². The highest BCUT2D eigenvalue weighted by atomic mass is 19.1. The van der Waals surface area contributed by atoms with Crippen LogP contribution in [-0.4, -0.2) is 29.0 Å². The average molecular weight is 304 g/mol. The van der Waals surface area contributed by atoms with Gasteiger partial charge < -0.3 is 15.4 Å². The smallest absolute Gasteiger partial charge is 0.404 e. The number of hydrogen-bond acceptors (Lipinski definition) is 4. The summed E-state index contributed by atoms with van der Waals surface area (Å²) in [5.41, 5.74) is 6.75. The van der Waals surface area contributed by atoms with E-state index in [1.165, 1.54) is 12.1 Å². The van der Waals surface area contributed by atoms with Crippen LogP contribution in [0.5, 0.6) is 0 Å². The molecule has 0 aliphatic carbocycles. The van der Waals surface area contributed by atoms with Crippen LogP contribution in [0.25, 0.3) is 0 Å². The number of anilines is 1. The third kappa shape index (κ3) is 3.19. The molecule has 0 saturated carbocycles. The van der Waals surface area contributed by atoms with E-state index in [1.54, 1.807) is 18.3 Å². The number of amides is 1. The summed E-state index contributed by atoms with van der Waals surface area (Å²) in [6.07, 6.45) is 3.69. The standard InChI is InChI=1S/C15H17FN4O2/c16-12-1-3-13(4-2-12)19-6-5-14(9-19)20-8-11(7-18-20)10-22-15(17)21/h1-4,7-8,14H,5-6,9-10H2,(H2,17,21). The minimum absolute atomic E-state index is 0.129. The molecule has 1 atom stereocenters. The van der Waals surface area contributed by atoms with Crippen LogP contribution < -0.4 is 10.6 Å². The van der Waals surface area contributed by atoms with Crippen molar-refractivity contribution in [3.63, 3.8) is 0 Å². The molecule has 1 aromatic carbocycles. The Labute approximate surface area is 127 Å². The number of aromatic nitrogens is 2. The van der Waals surface area contributed by atoms with Gasteiger partial charge in [0.1, 0.15) is 12.4 Å². The molecule has 6 nitrogen and oxygen atoms in total. The number of benzene rings is 1. The molecule has 2 N–H and O–H groups in total. The summed E-state index contributed by atoms with van der Waals surface area (Å²) < 4.78 is 19.6. The molecular formula is C15H17FN4O2. The first-order valence-corrected chi connectivity index (χ1v) is 7.07. The Morgan fingerprint density at radius 1 is 1.41 bits per heavy atom. The number of carbonyl (C=O) groups is 1. The van der Waals surface area contributed by atoms with Gasteiger partial charge in [-0.25, -0.2) is 9.18 Å². The van der Waals surface area contributed by atoms with E-state index in [4.69, 9.17) is 10.5 Å². The van der Waals surface area contributed by atoms with E-state index in [9.17, 15) is 9.18 Å². The number of halogens is 1. The summed E-state index contributed by atoms with van der Waals surface area (Å²) in [5, 5.41) is 4.32. The summed E-state index contributed by atoms with van der Waals surface area (Å²) in [6.45, 7) is 1.83. The van der Waals surface area contributed by atoms with Gasteiger partial charge in [-0.05, 0) is 30.7 Å². The number of primary amides is 1. The zero-order chi connectivity index (χ0) is 15.5. The fourth-order valence-corrected chi connectivity index (χ4v) is 2.65. The van der Waals surface area contributed by atoms with Crippen LogP contribution >= 0.6 is 0 Å². The molecule has 1 unspecified atom stereocenters. The monoisotopic (exact) mass is 304 g/mol. The second-order valence-electron chi connectivity index (χ2n) is 5.30. The lowest BCUT2D eigenvalue weighted by atomic mass is 10.2. The van der Waals surface area contributed by atoms with Crippen LogP contribution in [0.4, 0.5) is 14.9 Å². The van der Waals surface area contributed by atoms with Gasteiger partial charge in [0, 0.05) is 30.5 Å². The lowest BCUT2D eigenvalue weighted by molar-refractivity contribution is 0.150. The Kier molecular flexibility index (Phi) is 3.95. The van der Waals surface area contributed by atoms with E-state index in [0.717, 1.165) is 30.8 Å². The van der Waals surface area contributed by atoms with Gasteiger partial charge in [-0.15, -0.1) is 0 Å². The minimum Gasteiger partial charge on any atom is -0.445 e. The van der Waals surface area contributed by atoms with Gasteiger partial charge in [0.05, 0.1) is 12.2 Å². The van der Waals surface area contributed by atoms with Gasteiger partial charge in [-0.1, -0.05) is 0 Å². The van der Waals surface area contributed by atoms with Gasteiger partial charge >= 0.3 is 6.09 Å². The lowest BCUT2D eigenvalue weighted by Crippen LogP contribution is -2.21. The molecule has 116 valence electrons. The molecule has 22 heavy (non-hydrogen) atoms. The average Bonchev–Trinajstić information content (AvgIpc) is 3.15. The maximum absolute atomic E-state index is 13.0. The van der Waals surface area contributed by atoms with Crippen molar-refractivity contribution in [2.45, 2.75) is 19.1 Å². The second-order valence-corrected chi connectivity index (χ2v) is 5.30. The van der Waals surface area contributed by atoms with E-state index in [2.05, 4.69) is 10.00 Å². The molecule has 0 bridgehead atoms. The molecule has 2 aromatic rings. The zero-order valence-electron chi connectivity index (χ0n) is 12.0. The fraction of sp³-hybridized carbons (Fsp3) is 0.333. The third-order valence-electron chi connectivity index (χ3n) is 3.77. The predicted octanol–water partition coefficient (Wildman–Crippen LogP) is 2.07. The van der Waals surface area contributed by atoms with Crippen molar-refractivity contribution >= 4 is 11.8 Å². The Hall–Kier alpha value is -2.57. The quantitative estimate of drug-likeness (QED) is 0.938. The Morgan fingerprint density at radius 2 is 2.18 bits per heavy atom. The highest BCUT2D eigenvalue weighted by Crippen LogP contribution is 2.26. The van der Waals surface area contributed by atoms with Crippen molar-refractivity contribution in [1.29, 1.82) is 0 Å². The third-order valence-corrected chi connectivity index (χ3v) is 3.77. The Bertz CT molecular complexity index is 656.